The van der Waals surface area contributed by atoms with E-state index in [9.17, 15) is 9.90 Å². The number of cyclic esters (lactones) is 1. The van der Waals surface area contributed by atoms with Gasteiger partial charge in [0, 0.05) is 5.56 Å². The van der Waals surface area contributed by atoms with Gasteiger partial charge in [-0.2, -0.15) is 0 Å². The second-order valence-corrected chi connectivity index (χ2v) is 2.79. The van der Waals surface area contributed by atoms with Crippen molar-refractivity contribution in [1.29, 1.82) is 0 Å². The van der Waals surface area contributed by atoms with E-state index in [1.807, 2.05) is 13.0 Å². The Morgan fingerprint density at radius 1 is 1.50 bits per heavy atom. The minimum atomic E-state index is -1.08. The molecule has 0 saturated carbocycles. The molecule has 2 rings (SSSR count). The number of aliphatic hydroxyl groups excluding tert-OH is 1. The fourth-order valence-corrected chi connectivity index (χ4v) is 1.41. The molecule has 1 N–H and O–H groups in total. The zero-order chi connectivity index (χ0) is 8.72. The minimum Gasteiger partial charge on any atom is -0.428 e. The molecule has 0 aromatic heterocycles. The molecule has 0 radical (unpaired) electrons. The number of benzene rings is 1. The Morgan fingerprint density at radius 3 is 2.92 bits per heavy atom. The number of esters is 1. The molecule has 3 heteroatoms. The van der Waals surface area contributed by atoms with Gasteiger partial charge in [0.2, 0.25) is 6.29 Å². The highest BCUT2D eigenvalue weighted by molar-refractivity contribution is 5.94. The van der Waals surface area contributed by atoms with E-state index in [0.29, 0.717) is 11.1 Å². The van der Waals surface area contributed by atoms with Crippen LogP contribution in [0.4, 0.5) is 0 Å². The lowest BCUT2D eigenvalue weighted by molar-refractivity contribution is -0.0550. The van der Waals surface area contributed by atoms with Crippen LogP contribution in [0.1, 0.15) is 27.8 Å². The number of ether oxygens (including phenoxy) is 1. The molecule has 0 fully saturated rings. The molecule has 0 amide bonds. The van der Waals surface area contributed by atoms with Crippen LogP contribution in [-0.4, -0.2) is 11.1 Å². The first-order chi connectivity index (χ1) is 5.70. The van der Waals surface area contributed by atoms with Crippen molar-refractivity contribution >= 4 is 5.97 Å². The van der Waals surface area contributed by atoms with Gasteiger partial charge in [-0.1, -0.05) is 12.1 Å². The Balaban J connectivity index is 2.67. The highest BCUT2D eigenvalue weighted by Crippen LogP contribution is 2.30. The average molecular weight is 164 g/mol. The van der Waals surface area contributed by atoms with Crippen molar-refractivity contribution in [1.82, 2.24) is 0 Å². The van der Waals surface area contributed by atoms with Crippen molar-refractivity contribution in [3.8, 4) is 0 Å². The standard InChI is InChI=1S/C9H8O3/c1-5-3-2-4-6-7(5)9(11)12-8(6)10/h2-4,9,11H,1H3. The van der Waals surface area contributed by atoms with Crippen molar-refractivity contribution in [2.24, 2.45) is 0 Å². The molecular weight excluding hydrogens is 156 g/mol. The normalized spacial score (nSPS) is 20.5. The van der Waals surface area contributed by atoms with Gasteiger partial charge in [-0.3, -0.25) is 0 Å². The maximum Gasteiger partial charge on any atom is 0.341 e. The third-order valence-electron chi connectivity index (χ3n) is 2.01. The predicted molar refractivity (Wildman–Crippen MR) is 41.6 cm³/mol. The molecule has 1 heterocycles. The summed E-state index contributed by atoms with van der Waals surface area (Å²) in [7, 11) is 0. The van der Waals surface area contributed by atoms with Gasteiger partial charge >= 0.3 is 5.97 Å². The van der Waals surface area contributed by atoms with Crippen LogP contribution in [0.15, 0.2) is 18.2 Å². The van der Waals surface area contributed by atoms with Crippen LogP contribution in [0.5, 0.6) is 0 Å². The van der Waals surface area contributed by atoms with E-state index in [1.54, 1.807) is 12.1 Å². The Bertz CT molecular complexity index is 344. The number of hydrogen-bond donors (Lipinski definition) is 1. The number of rotatable bonds is 0. The SMILES string of the molecule is Cc1cccc2c1C(O)OC2=O. The Labute approximate surface area is 69.6 Å². The molecule has 1 aliphatic heterocycles. The van der Waals surface area contributed by atoms with Crippen LogP contribution < -0.4 is 0 Å². The molecule has 1 unspecified atom stereocenters. The molecule has 1 aliphatic rings. The van der Waals surface area contributed by atoms with Gasteiger partial charge in [-0.05, 0) is 18.6 Å². The Morgan fingerprint density at radius 2 is 2.25 bits per heavy atom. The van der Waals surface area contributed by atoms with Crippen LogP contribution in [0, 0.1) is 6.92 Å². The maximum absolute atomic E-state index is 11.0. The van der Waals surface area contributed by atoms with Gasteiger partial charge in [0.1, 0.15) is 0 Å². The fourth-order valence-electron chi connectivity index (χ4n) is 1.41. The summed E-state index contributed by atoms with van der Waals surface area (Å²) in [5.41, 5.74) is 1.95. The van der Waals surface area contributed by atoms with Crippen molar-refractivity contribution in [2.45, 2.75) is 13.2 Å². The number of fused-ring (bicyclic) bond motifs is 1. The molecular formula is C9H8O3. The summed E-state index contributed by atoms with van der Waals surface area (Å²) >= 11 is 0. The quantitative estimate of drug-likeness (QED) is 0.585. The number of carbonyl (C=O) groups excluding carboxylic acids is 1. The third-order valence-corrected chi connectivity index (χ3v) is 2.01. The molecule has 62 valence electrons. The van der Waals surface area contributed by atoms with Gasteiger partial charge in [0.25, 0.3) is 0 Å². The Hall–Kier alpha value is -1.35. The molecule has 0 bridgehead atoms. The van der Waals surface area contributed by atoms with E-state index in [2.05, 4.69) is 4.74 Å². The average Bonchev–Trinajstić information content (AvgIpc) is 2.29. The van der Waals surface area contributed by atoms with Crippen molar-refractivity contribution in [2.75, 3.05) is 0 Å². The van der Waals surface area contributed by atoms with Crippen molar-refractivity contribution < 1.29 is 14.6 Å². The topological polar surface area (TPSA) is 46.5 Å². The zero-order valence-electron chi connectivity index (χ0n) is 6.57. The van der Waals surface area contributed by atoms with E-state index in [4.69, 9.17) is 0 Å². The van der Waals surface area contributed by atoms with Crippen LogP contribution in [0.2, 0.25) is 0 Å². The summed E-state index contributed by atoms with van der Waals surface area (Å²) < 4.78 is 4.63. The monoisotopic (exact) mass is 164 g/mol. The highest BCUT2D eigenvalue weighted by atomic mass is 16.6. The van der Waals surface area contributed by atoms with Crippen molar-refractivity contribution in [3.63, 3.8) is 0 Å². The second-order valence-electron chi connectivity index (χ2n) is 2.79. The largest absolute Gasteiger partial charge is 0.428 e. The molecule has 0 saturated heterocycles. The van der Waals surface area contributed by atoms with Crippen LogP contribution in [0.3, 0.4) is 0 Å². The van der Waals surface area contributed by atoms with Gasteiger partial charge in [0.05, 0.1) is 5.56 Å². The molecule has 3 nitrogen and oxygen atoms in total. The van der Waals surface area contributed by atoms with E-state index in [0.717, 1.165) is 5.56 Å². The van der Waals surface area contributed by atoms with Gasteiger partial charge in [-0.15, -0.1) is 0 Å². The summed E-state index contributed by atoms with van der Waals surface area (Å²) in [4.78, 5) is 11.0. The minimum absolute atomic E-state index is 0.443. The third kappa shape index (κ3) is 0.833. The maximum atomic E-state index is 11.0. The van der Waals surface area contributed by atoms with E-state index in [1.165, 1.54) is 0 Å². The van der Waals surface area contributed by atoms with Crippen LogP contribution >= 0.6 is 0 Å². The second kappa shape index (κ2) is 2.32. The van der Waals surface area contributed by atoms with Crippen molar-refractivity contribution in [3.05, 3.63) is 34.9 Å². The van der Waals surface area contributed by atoms with Crippen LogP contribution in [0.25, 0.3) is 0 Å². The molecule has 1 atom stereocenters. The summed E-state index contributed by atoms with van der Waals surface area (Å²) in [6.07, 6.45) is -1.08. The first-order valence-corrected chi connectivity index (χ1v) is 3.68. The number of aryl methyl sites for hydroxylation is 1. The first-order valence-electron chi connectivity index (χ1n) is 3.68. The summed E-state index contributed by atoms with van der Waals surface area (Å²) in [6.45, 7) is 1.84. The lowest BCUT2D eigenvalue weighted by Gasteiger charge is -2.03. The van der Waals surface area contributed by atoms with Gasteiger partial charge in [-0.25, -0.2) is 4.79 Å². The highest BCUT2D eigenvalue weighted by Gasteiger charge is 2.30. The van der Waals surface area contributed by atoms with E-state index in [-0.39, 0.29) is 0 Å². The Kier molecular flexibility index (Phi) is 1.41. The fraction of sp³-hybridized carbons (Fsp3) is 0.222. The lowest BCUT2D eigenvalue weighted by Crippen LogP contribution is -1.96. The smallest absolute Gasteiger partial charge is 0.341 e. The molecule has 1 aromatic rings. The summed E-state index contributed by atoms with van der Waals surface area (Å²) in [5.74, 6) is -0.443. The van der Waals surface area contributed by atoms with E-state index >= 15 is 0 Å². The van der Waals surface area contributed by atoms with Gasteiger partial charge in [0.15, 0.2) is 0 Å². The lowest BCUT2D eigenvalue weighted by atomic mass is 10.0. The summed E-state index contributed by atoms with van der Waals surface area (Å²) in [6, 6.07) is 5.26. The van der Waals surface area contributed by atoms with Gasteiger partial charge < -0.3 is 9.84 Å². The number of carbonyl (C=O) groups is 1. The zero-order valence-corrected chi connectivity index (χ0v) is 6.57. The van der Waals surface area contributed by atoms with Crippen LogP contribution in [-0.2, 0) is 4.74 Å². The molecule has 0 aliphatic carbocycles. The molecule has 0 spiro atoms. The first kappa shape index (κ1) is 7.31. The number of aliphatic hydroxyl groups is 1. The predicted octanol–water partition coefficient (Wildman–Crippen LogP) is 1.16. The molecule has 12 heavy (non-hydrogen) atoms. The molecule has 1 aromatic carbocycles. The van der Waals surface area contributed by atoms with E-state index < -0.39 is 12.3 Å². The summed E-state index contributed by atoms with van der Waals surface area (Å²) in [5, 5.41) is 9.29. The number of hydrogen-bond acceptors (Lipinski definition) is 3.